The third-order valence-corrected chi connectivity index (χ3v) is 4.56. The molecule has 0 saturated heterocycles. The van der Waals surface area contributed by atoms with Crippen molar-refractivity contribution in [1.29, 1.82) is 0 Å². The summed E-state index contributed by atoms with van der Waals surface area (Å²) in [4.78, 5) is 23.0. The number of hydrogen-bond acceptors (Lipinski definition) is 6. The van der Waals surface area contributed by atoms with E-state index in [2.05, 4.69) is 10.6 Å². The van der Waals surface area contributed by atoms with E-state index in [0.717, 1.165) is 11.8 Å². The quantitative estimate of drug-likeness (QED) is 0.470. The van der Waals surface area contributed by atoms with E-state index in [1.165, 1.54) is 16.8 Å². The van der Waals surface area contributed by atoms with Crippen LogP contribution in [0.1, 0.15) is 16.8 Å². The Hall–Kier alpha value is -3.33. The molecule has 1 heterocycles. The molecule has 0 spiro atoms. The summed E-state index contributed by atoms with van der Waals surface area (Å²) in [7, 11) is 0. The first kappa shape index (κ1) is 18.5. The highest BCUT2D eigenvalue weighted by molar-refractivity contribution is 7.99. The average molecular weight is 385 g/mol. The predicted octanol–water partition coefficient (Wildman–Crippen LogP) is 1.84. The molecule has 0 atom stereocenters. The minimum atomic E-state index is -1.07. The molecule has 0 fully saturated rings. The van der Waals surface area contributed by atoms with Crippen LogP contribution in [-0.2, 0) is 4.79 Å². The number of para-hydroxylation sites is 1. The summed E-state index contributed by atoms with van der Waals surface area (Å²) in [5.74, 6) is -1.60. The van der Waals surface area contributed by atoms with E-state index >= 15 is 0 Å². The number of anilines is 1. The molecule has 0 aliphatic carbocycles. The van der Waals surface area contributed by atoms with Crippen molar-refractivity contribution in [3.63, 3.8) is 0 Å². The van der Waals surface area contributed by atoms with Crippen LogP contribution >= 0.6 is 11.8 Å². The number of carboxylic acids is 1. The lowest BCUT2D eigenvalue weighted by atomic mass is 10.2. The highest BCUT2D eigenvalue weighted by atomic mass is 32.2. The molecule has 138 valence electrons. The highest BCUT2D eigenvalue weighted by Gasteiger charge is 2.21. The minimum Gasteiger partial charge on any atom is -0.538 e. The van der Waals surface area contributed by atoms with Crippen LogP contribution in [0.2, 0.25) is 0 Å². The first-order chi connectivity index (χ1) is 13.0. The number of aromatic nitrogens is 2. The second-order valence-corrected chi connectivity index (χ2v) is 6.53. The molecular weight excluding hydrogens is 370 g/mol. The molecule has 0 bridgehead atoms. The van der Waals surface area contributed by atoms with Gasteiger partial charge in [-0.25, -0.2) is 4.79 Å². The maximum Gasteiger partial charge on any atom is 0.335 e. The number of aromatic carboxylic acids is 1. The molecular formula is C18H15N3O5S. The number of thioether (sulfide) groups is 1. The fourth-order valence-corrected chi connectivity index (χ4v) is 3.18. The zero-order valence-corrected chi connectivity index (χ0v) is 14.8. The minimum absolute atomic E-state index is 0.0894. The van der Waals surface area contributed by atoms with E-state index in [9.17, 15) is 14.7 Å². The van der Waals surface area contributed by atoms with Gasteiger partial charge >= 0.3 is 5.97 Å². The molecule has 1 aromatic heterocycles. The molecule has 8 nitrogen and oxygen atoms in total. The number of carbonyl (C=O) groups excluding carboxylic acids is 1. The number of nitrogens with one attached hydrogen (secondary N) is 1. The van der Waals surface area contributed by atoms with Gasteiger partial charge in [-0.3, -0.25) is 4.79 Å². The Kier molecular flexibility index (Phi) is 5.72. The average Bonchev–Trinajstić information content (AvgIpc) is 3.03. The van der Waals surface area contributed by atoms with Gasteiger partial charge in [-0.15, -0.1) is 0 Å². The van der Waals surface area contributed by atoms with Crippen LogP contribution < -0.4 is 15.1 Å². The van der Waals surface area contributed by atoms with Crippen molar-refractivity contribution in [2.45, 2.75) is 11.4 Å². The maximum atomic E-state index is 12.1. The fourth-order valence-electron chi connectivity index (χ4n) is 2.29. The third-order valence-electron chi connectivity index (χ3n) is 3.53. The van der Waals surface area contributed by atoms with Gasteiger partial charge in [-0.2, -0.15) is 0 Å². The second-order valence-electron chi connectivity index (χ2n) is 5.45. The second kappa shape index (κ2) is 8.37. The van der Waals surface area contributed by atoms with Crippen LogP contribution in [0.4, 0.5) is 5.69 Å². The van der Waals surface area contributed by atoms with Gasteiger partial charge in [0, 0.05) is 30.0 Å². The van der Waals surface area contributed by atoms with Crippen molar-refractivity contribution >= 4 is 29.3 Å². The van der Waals surface area contributed by atoms with E-state index in [-0.39, 0.29) is 22.9 Å². The van der Waals surface area contributed by atoms with Crippen LogP contribution in [0.15, 0.2) is 64.1 Å². The molecule has 0 radical (unpaired) electrons. The molecule has 0 aliphatic heterocycles. The number of benzene rings is 2. The Morgan fingerprint density at radius 2 is 1.96 bits per heavy atom. The largest absolute Gasteiger partial charge is 0.538 e. The Balaban J connectivity index is 1.59. The van der Waals surface area contributed by atoms with Gasteiger partial charge in [0.25, 0.3) is 5.03 Å². The predicted molar refractivity (Wildman–Crippen MR) is 94.9 cm³/mol. The van der Waals surface area contributed by atoms with E-state index in [1.54, 1.807) is 24.3 Å². The van der Waals surface area contributed by atoms with Gasteiger partial charge in [-0.1, -0.05) is 36.0 Å². The van der Waals surface area contributed by atoms with E-state index in [1.807, 2.05) is 18.2 Å². The van der Waals surface area contributed by atoms with Crippen molar-refractivity contribution in [3.05, 3.63) is 60.2 Å². The number of rotatable bonds is 7. The molecule has 2 N–H and O–H groups in total. The van der Waals surface area contributed by atoms with E-state index < -0.39 is 11.9 Å². The maximum absolute atomic E-state index is 12.1. The van der Waals surface area contributed by atoms with Gasteiger partial charge in [-0.05, 0) is 22.9 Å². The van der Waals surface area contributed by atoms with Gasteiger partial charge in [0.1, 0.15) is 0 Å². The van der Waals surface area contributed by atoms with E-state index in [0.29, 0.717) is 17.1 Å². The SMILES string of the molecule is O=C(CCSc1c([O-])on[n+]1-c1ccccc1)Nc1cccc(C(=O)O)c1. The van der Waals surface area contributed by atoms with Crippen LogP contribution in [0, 0.1) is 0 Å². The Morgan fingerprint density at radius 1 is 1.19 bits per heavy atom. The van der Waals surface area contributed by atoms with Crippen molar-refractivity contribution in [2.24, 2.45) is 0 Å². The number of amides is 1. The summed E-state index contributed by atoms with van der Waals surface area (Å²) in [6.45, 7) is 0. The lowest BCUT2D eigenvalue weighted by Gasteiger charge is -2.05. The summed E-state index contributed by atoms with van der Waals surface area (Å²) in [6.07, 6.45) is 0.126. The zero-order valence-electron chi connectivity index (χ0n) is 14.0. The summed E-state index contributed by atoms with van der Waals surface area (Å²) in [5.41, 5.74) is 1.17. The van der Waals surface area contributed by atoms with Gasteiger partial charge in [0.15, 0.2) is 5.95 Å². The van der Waals surface area contributed by atoms with Crippen LogP contribution in [0.5, 0.6) is 5.95 Å². The smallest absolute Gasteiger partial charge is 0.335 e. The molecule has 3 rings (SSSR count). The highest BCUT2D eigenvalue weighted by Crippen LogP contribution is 2.24. The Bertz CT molecular complexity index is 959. The monoisotopic (exact) mass is 385 g/mol. The molecule has 0 unspecified atom stereocenters. The standard InChI is InChI=1S/C18H15N3O5S/c22-15(19-13-6-4-5-12(11-13)17(23)24)9-10-27-16-18(25)26-20-21(16)14-7-2-1-3-8-14/h1-8,11H,9-10H2,(H2-,19,20,22,23,24,25). The molecule has 3 aromatic rings. The van der Waals surface area contributed by atoms with Gasteiger partial charge in [0.2, 0.25) is 11.6 Å². The van der Waals surface area contributed by atoms with Gasteiger partial charge in [0.05, 0.1) is 10.8 Å². The lowest BCUT2D eigenvalue weighted by Crippen LogP contribution is -2.34. The lowest BCUT2D eigenvalue weighted by molar-refractivity contribution is -0.705. The van der Waals surface area contributed by atoms with Crippen molar-refractivity contribution in [1.82, 2.24) is 5.27 Å². The summed E-state index contributed by atoms with van der Waals surface area (Å²) < 4.78 is 6.11. The number of carbonyl (C=O) groups is 2. The topological polar surface area (TPSA) is 119 Å². The van der Waals surface area contributed by atoms with Gasteiger partial charge < -0.3 is 20.1 Å². The molecule has 9 heteroatoms. The van der Waals surface area contributed by atoms with Crippen molar-refractivity contribution in [2.75, 3.05) is 11.1 Å². The van der Waals surface area contributed by atoms with Crippen molar-refractivity contribution < 1.29 is 29.0 Å². The Labute approximate surface area is 158 Å². The Morgan fingerprint density at radius 3 is 2.70 bits per heavy atom. The van der Waals surface area contributed by atoms with Crippen LogP contribution in [-0.4, -0.2) is 28.0 Å². The van der Waals surface area contributed by atoms with E-state index in [4.69, 9.17) is 9.63 Å². The summed E-state index contributed by atoms with van der Waals surface area (Å²) in [6, 6.07) is 15.0. The normalized spacial score (nSPS) is 10.5. The zero-order chi connectivity index (χ0) is 19.2. The van der Waals surface area contributed by atoms with Crippen LogP contribution in [0.25, 0.3) is 5.69 Å². The third kappa shape index (κ3) is 4.64. The molecule has 0 aliphatic rings. The molecule has 1 amide bonds. The molecule has 27 heavy (non-hydrogen) atoms. The first-order valence-corrected chi connectivity index (χ1v) is 8.93. The number of carboxylic acid groups (broad SMARTS) is 1. The fraction of sp³-hybridized carbons (Fsp3) is 0.111. The first-order valence-electron chi connectivity index (χ1n) is 7.95. The van der Waals surface area contributed by atoms with Crippen LogP contribution in [0.3, 0.4) is 0 Å². The molecule has 2 aromatic carbocycles. The number of nitrogens with zero attached hydrogens (tertiary/aromatic N) is 2. The summed E-state index contributed by atoms with van der Waals surface area (Å²) in [5, 5.41) is 27.5. The molecule has 0 saturated carbocycles. The number of hydrogen-bond donors (Lipinski definition) is 2. The van der Waals surface area contributed by atoms with Crippen molar-refractivity contribution in [3.8, 4) is 11.6 Å². The summed E-state index contributed by atoms with van der Waals surface area (Å²) >= 11 is 1.16.